The Bertz CT molecular complexity index is 188. The average Bonchev–Trinajstić information content (AvgIpc) is 2.56. The van der Waals surface area contributed by atoms with Crippen LogP contribution >= 0.6 is 0 Å². The van der Waals surface area contributed by atoms with Crippen LogP contribution in [0.25, 0.3) is 0 Å². The van der Waals surface area contributed by atoms with Crippen LogP contribution in [-0.2, 0) is 14.3 Å². The van der Waals surface area contributed by atoms with Gasteiger partial charge in [0.05, 0.1) is 19.1 Å². The molecule has 0 aromatic rings. The molecule has 1 aliphatic rings. The topological polar surface area (TPSA) is 35.5 Å². The lowest BCUT2D eigenvalue weighted by atomic mass is 10.0. The first-order chi connectivity index (χ1) is 6.09. The van der Waals surface area contributed by atoms with Gasteiger partial charge in [-0.3, -0.25) is 0 Å². The minimum absolute atomic E-state index is 0.0258. The predicted octanol–water partition coefficient (Wildman–Crippen LogP) is 1.22. The van der Waals surface area contributed by atoms with Gasteiger partial charge in [0.2, 0.25) is 0 Å². The molecular formula is C8H12F2O3. The number of ether oxygens (including phenoxy) is 2. The smallest absolute Gasteiger partial charge is 0.377 e. The highest BCUT2D eigenvalue weighted by molar-refractivity contribution is 5.78. The molecule has 0 aromatic heterocycles. The van der Waals surface area contributed by atoms with Crippen molar-refractivity contribution in [3.8, 4) is 0 Å². The molecule has 1 aliphatic heterocycles. The zero-order valence-corrected chi connectivity index (χ0v) is 7.39. The molecule has 0 N–H and O–H groups in total. The summed E-state index contributed by atoms with van der Waals surface area (Å²) in [5.74, 6) is -5.86. The zero-order chi connectivity index (χ0) is 9.90. The first kappa shape index (κ1) is 10.4. The molecule has 1 saturated heterocycles. The third kappa shape index (κ3) is 2.15. The molecule has 0 aromatic carbocycles. The molecule has 1 rings (SSSR count). The third-order valence-electron chi connectivity index (χ3n) is 1.99. The van der Waals surface area contributed by atoms with Gasteiger partial charge in [-0.2, -0.15) is 8.78 Å². The molecule has 0 amide bonds. The van der Waals surface area contributed by atoms with Gasteiger partial charge < -0.3 is 9.47 Å². The number of esters is 1. The maximum Gasteiger partial charge on any atom is 0.377 e. The second-order valence-electron chi connectivity index (χ2n) is 2.90. The van der Waals surface area contributed by atoms with Crippen LogP contribution in [0.15, 0.2) is 0 Å². The zero-order valence-electron chi connectivity index (χ0n) is 7.39. The SMILES string of the molecule is CCOC(=O)C(F)(F)C1CCOC1. The summed E-state index contributed by atoms with van der Waals surface area (Å²) >= 11 is 0. The van der Waals surface area contributed by atoms with Crippen LogP contribution in [0.2, 0.25) is 0 Å². The van der Waals surface area contributed by atoms with Gasteiger partial charge in [0, 0.05) is 6.61 Å². The molecule has 0 bridgehead atoms. The van der Waals surface area contributed by atoms with E-state index in [4.69, 9.17) is 4.74 Å². The van der Waals surface area contributed by atoms with Gasteiger partial charge in [-0.05, 0) is 13.3 Å². The molecule has 0 aliphatic carbocycles. The molecule has 0 radical (unpaired) electrons. The number of hydrogen-bond acceptors (Lipinski definition) is 3. The van der Waals surface area contributed by atoms with Crippen molar-refractivity contribution in [3.05, 3.63) is 0 Å². The van der Waals surface area contributed by atoms with E-state index in [2.05, 4.69) is 4.74 Å². The van der Waals surface area contributed by atoms with Gasteiger partial charge >= 0.3 is 11.9 Å². The molecule has 76 valence electrons. The van der Waals surface area contributed by atoms with Crippen molar-refractivity contribution in [1.82, 2.24) is 0 Å². The van der Waals surface area contributed by atoms with Gasteiger partial charge in [0.25, 0.3) is 0 Å². The molecule has 1 atom stereocenters. The second kappa shape index (κ2) is 4.00. The molecule has 1 fully saturated rings. The number of carbonyl (C=O) groups excluding carboxylic acids is 1. The Morgan fingerprint density at radius 1 is 1.69 bits per heavy atom. The largest absolute Gasteiger partial charge is 0.462 e. The summed E-state index contributed by atoms with van der Waals surface area (Å²) in [6, 6.07) is 0. The number of rotatable bonds is 3. The summed E-state index contributed by atoms with van der Waals surface area (Å²) in [5.41, 5.74) is 0. The molecule has 1 heterocycles. The van der Waals surface area contributed by atoms with E-state index in [-0.39, 0.29) is 19.6 Å². The highest BCUT2D eigenvalue weighted by Crippen LogP contribution is 2.32. The highest BCUT2D eigenvalue weighted by atomic mass is 19.3. The van der Waals surface area contributed by atoms with E-state index in [1.807, 2.05) is 0 Å². The Morgan fingerprint density at radius 2 is 2.38 bits per heavy atom. The van der Waals surface area contributed by atoms with Crippen LogP contribution in [0.5, 0.6) is 0 Å². The van der Waals surface area contributed by atoms with Crippen LogP contribution in [-0.4, -0.2) is 31.7 Å². The summed E-state index contributed by atoms with van der Waals surface area (Å²) in [5, 5.41) is 0. The van der Waals surface area contributed by atoms with Gasteiger partial charge in [-0.25, -0.2) is 4.79 Å². The Kier molecular flexibility index (Phi) is 3.19. The van der Waals surface area contributed by atoms with Crippen LogP contribution < -0.4 is 0 Å². The molecule has 13 heavy (non-hydrogen) atoms. The van der Waals surface area contributed by atoms with Crippen LogP contribution in [0.1, 0.15) is 13.3 Å². The van der Waals surface area contributed by atoms with E-state index >= 15 is 0 Å². The molecular weight excluding hydrogens is 182 g/mol. The first-order valence-electron chi connectivity index (χ1n) is 4.21. The van der Waals surface area contributed by atoms with Gasteiger partial charge in [-0.1, -0.05) is 0 Å². The van der Waals surface area contributed by atoms with E-state index in [0.29, 0.717) is 6.61 Å². The summed E-state index contributed by atoms with van der Waals surface area (Å²) < 4.78 is 35.4. The summed E-state index contributed by atoms with van der Waals surface area (Å²) in [6.45, 7) is 1.70. The maximum absolute atomic E-state index is 13.2. The Balaban J connectivity index is 2.57. The van der Waals surface area contributed by atoms with Gasteiger partial charge in [-0.15, -0.1) is 0 Å². The summed E-state index contributed by atoms with van der Waals surface area (Å²) in [7, 11) is 0. The minimum atomic E-state index is -3.40. The first-order valence-corrected chi connectivity index (χ1v) is 4.21. The number of alkyl halides is 2. The normalized spacial score (nSPS) is 23.2. The molecule has 5 heteroatoms. The number of halogens is 2. The van der Waals surface area contributed by atoms with Crippen LogP contribution in [0.4, 0.5) is 8.78 Å². The minimum Gasteiger partial charge on any atom is -0.462 e. The lowest BCUT2D eigenvalue weighted by molar-refractivity contribution is -0.179. The fraction of sp³-hybridized carbons (Fsp3) is 0.875. The fourth-order valence-electron chi connectivity index (χ4n) is 1.21. The maximum atomic E-state index is 13.2. The fourth-order valence-corrected chi connectivity index (χ4v) is 1.21. The van der Waals surface area contributed by atoms with E-state index < -0.39 is 17.8 Å². The van der Waals surface area contributed by atoms with Crippen LogP contribution in [0, 0.1) is 5.92 Å². The van der Waals surface area contributed by atoms with Crippen molar-refractivity contribution in [2.24, 2.45) is 5.92 Å². The molecule has 3 nitrogen and oxygen atoms in total. The Labute approximate surface area is 75.0 Å². The summed E-state index contributed by atoms with van der Waals surface area (Å²) in [6.07, 6.45) is 0.214. The average molecular weight is 194 g/mol. The molecule has 0 spiro atoms. The van der Waals surface area contributed by atoms with E-state index in [9.17, 15) is 13.6 Å². The van der Waals surface area contributed by atoms with Crippen molar-refractivity contribution < 1.29 is 23.0 Å². The summed E-state index contributed by atoms with van der Waals surface area (Å²) in [4.78, 5) is 10.8. The Hall–Kier alpha value is -0.710. The van der Waals surface area contributed by atoms with E-state index in [0.717, 1.165) is 0 Å². The van der Waals surface area contributed by atoms with E-state index in [1.54, 1.807) is 0 Å². The van der Waals surface area contributed by atoms with Crippen molar-refractivity contribution in [3.63, 3.8) is 0 Å². The second-order valence-corrected chi connectivity index (χ2v) is 2.90. The molecule has 1 unspecified atom stereocenters. The third-order valence-corrected chi connectivity index (χ3v) is 1.99. The Morgan fingerprint density at radius 3 is 2.85 bits per heavy atom. The number of carbonyl (C=O) groups is 1. The lowest BCUT2D eigenvalue weighted by Gasteiger charge is -2.19. The van der Waals surface area contributed by atoms with Gasteiger partial charge in [0.15, 0.2) is 0 Å². The van der Waals surface area contributed by atoms with E-state index in [1.165, 1.54) is 6.92 Å². The monoisotopic (exact) mass is 194 g/mol. The van der Waals surface area contributed by atoms with Crippen molar-refractivity contribution >= 4 is 5.97 Å². The van der Waals surface area contributed by atoms with Crippen molar-refractivity contribution in [1.29, 1.82) is 0 Å². The standard InChI is InChI=1S/C8H12F2O3/c1-2-13-7(11)8(9,10)6-3-4-12-5-6/h6H,2-5H2,1H3. The quantitative estimate of drug-likeness (QED) is 0.634. The predicted molar refractivity (Wildman–Crippen MR) is 40.5 cm³/mol. The van der Waals surface area contributed by atoms with Crippen LogP contribution in [0.3, 0.4) is 0 Å². The lowest BCUT2D eigenvalue weighted by Crippen LogP contribution is -2.39. The van der Waals surface area contributed by atoms with Gasteiger partial charge in [0.1, 0.15) is 0 Å². The van der Waals surface area contributed by atoms with Crippen molar-refractivity contribution in [2.45, 2.75) is 19.3 Å². The highest BCUT2D eigenvalue weighted by Gasteiger charge is 2.49. The molecule has 0 saturated carbocycles. The number of hydrogen-bond donors (Lipinski definition) is 0. The van der Waals surface area contributed by atoms with Crippen molar-refractivity contribution in [2.75, 3.05) is 19.8 Å².